The predicted octanol–water partition coefficient (Wildman–Crippen LogP) is 6.19. The van der Waals surface area contributed by atoms with Crippen LogP contribution in [0, 0.1) is 0 Å². The number of halogens is 1. The Morgan fingerprint density at radius 1 is 0.950 bits per heavy atom. The van der Waals surface area contributed by atoms with Gasteiger partial charge in [0.15, 0.2) is 0 Å². The Morgan fingerprint density at radius 2 is 1.55 bits per heavy atom. The highest BCUT2D eigenvalue weighted by atomic mass is 79.9. The third-order valence-electron chi connectivity index (χ3n) is 3.48. The van der Waals surface area contributed by atoms with Crippen LogP contribution in [0.3, 0.4) is 0 Å². The summed E-state index contributed by atoms with van der Waals surface area (Å²) in [6.07, 6.45) is 2.13. The van der Waals surface area contributed by atoms with Gasteiger partial charge >= 0.3 is 0 Å². The van der Waals surface area contributed by atoms with E-state index in [1.807, 2.05) is 0 Å². The zero-order valence-electron chi connectivity index (χ0n) is 12.5. The molecule has 0 aromatic heterocycles. The Kier molecular flexibility index (Phi) is 4.98. The van der Waals surface area contributed by atoms with Crippen LogP contribution < -0.4 is 0 Å². The molecule has 0 heterocycles. The van der Waals surface area contributed by atoms with Crippen molar-refractivity contribution in [2.24, 2.45) is 0 Å². The van der Waals surface area contributed by atoms with E-state index in [2.05, 4.69) is 91.5 Å². The quantitative estimate of drug-likeness (QED) is 0.470. The number of hydrogen-bond acceptors (Lipinski definition) is 1. The lowest BCUT2D eigenvalue weighted by Gasteiger charge is -2.20. The molecule has 2 aromatic rings. The van der Waals surface area contributed by atoms with Crippen molar-refractivity contribution < 1.29 is 0 Å². The first-order valence-electron chi connectivity index (χ1n) is 6.81. The van der Waals surface area contributed by atoms with Crippen LogP contribution in [0.4, 0.5) is 0 Å². The van der Waals surface area contributed by atoms with Gasteiger partial charge in [0.25, 0.3) is 0 Å². The highest BCUT2D eigenvalue weighted by Gasteiger charge is 2.16. The van der Waals surface area contributed by atoms with E-state index in [9.17, 15) is 0 Å². The maximum absolute atomic E-state index is 3.85. The molecule has 0 aliphatic rings. The molecule has 2 aromatic carbocycles. The second-order valence-corrected chi connectivity index (χ2v) is 7.74. The molecule has 0 bridgehead atoms. The Hall–Kier alpha value is -0.730. The van der Waals surface area contributed by atoms with Gasteiger partial charge in [-0.05, 0) is 34.4 Å². The van der Waals surface area contributed by atoms with Crippen molar-refractivity contribution in [1.82, 2.24) is 0 Å². The van der Waals surface area contributed by atoms with Crippen LogP contribution in [-0.2, 0) is 5.41 Å². The SMILES string of the molecule is CSc1ccccc1C(Br)c1ccc(C(C)(C)C)cc1. The Morgan fingerprint density at radius 3 is 2.10 bits per heavy atom. The minimum atomic E-state index is 0.206. The molecule has 0 saturated heterocycles. The van der Waals surface area contributed by atoms with Gasteiger partial charge in [0.2, 0.25) is 0 Å². The lowest BCUT2D eigenvalue weighted by Crippen LogP contribution is -2.10. The summed E-state index contributed by atoms with van der Waals surface area (Å²) in [7, 11) is 0. The number of hydrogen-bond donors (Lipinski definition) is 0. The maximum atomic E-state index is 3.85. The van der Waals surface area contributed by atoms with Crippen LogP contribution in [0.2, 0.25) is 0 Å². The summed E-state index contributed by atoms with van der Waals surface area (Å²) in [4.78, 5) is 1.58. The van der Waals surface area contributed by atoms with E-state index in [0.717, 1.165) is 0 Å². The summed E-state index contributed by atoms with van der Waals surface area (Å²) in [6.45, 7) is 6.74. The Labute approximate surface area is 135 Å². The molecule has 1 unspecified atom stereocenters. The van der Waals surface area contributed by atoms with Crippen molar-refractivity contribution in [1.29, 1.82) is 0 Å². The van der Waals surface area contributed by atoms with Gasteiger partial charge in [-0.1, -0.05) is 79.2 Å². The van der Waals surface area contributed by atoms with E-state index in [-0.39, 0.29) is 10.2 Å². The van der Waals surface area contributed by atoms with Gasteiger partial charge in [0.05, 0.1) is 4.83 Å². The van der Waals surface area contributed by atoms with Crippen molar-refractivity contribution in [2.45, 2.75) is 35.9 Å². The van der Waals surface area contributed by atoms with Gasteiger partial charge in [-0.15, -0.1) is 11.8 Å². The van der Waals surface area contributed by atoms with Crippen LogP contribution >= 0.6 is 27.7 Å². The number of thioether (sulfide) groups is 1. The fourth-order valence-corrected chi connectivity index (χ4v) is 3.70. The lowest BCUT2D eigenvalue weighted by molar-refractivity contribution is 0.590. The van der Waals surface area contributed by atoms with Gasteiger partial charge in [-0.25, -0.2) is 0 Å². The van der Waals surface area contributed by atoms with Crippen molar-refractivity contribution in [2.75, 3.05) is 6.26 Å². The van der Waals surface area contributed by atoms with E-state index in [4.69, 9.17) is 0 Å². The third kappa shape index (κ3) is 3.48. The smallest absolute Gasteiger partial charge is 0.0655 e. The van der Waals surface area contributed by atoms with Crippen LogP contribution in [0.1, 0.15) is 42.3 Å². The van der Waals surface area contributed by atoms with E-state index < -0.39 is 0 Å². The van der Waals surface area contributed by atoms with Crippen LogP contribution in [-0.4, -0.2) is 6.26 Å². The molecule has 1 atom stereocenters. The maximum Gasteiger partial charge on any atom is 0.0655 e. The average Bonchev–Trinajstić information content (AvgIpc) is 2.45. The molecular formula is C18H21BrS. The summed E-state index contributed by atoms with van der Waals surface area (Å²) < 4.78 is 0. The van der Waals surface area contributed by atoms with Crippen molar-refractivity contribution in [3.63, 3.8) is 0 Å². The van der Waals surface area contributed by atoms with Crippen LogP contribution in [0.5, 0.6) is 0 Å². The lowest BCUT2D eigenvalue weighted by atomic mass is 9.86. The number of benzene rings is 2. The summed E-state index contributed by atoms with van der Waals surface area (Å²) in [5.74, 6) is 0. The van der Waals surface area contributed by atoms with E-state index >= 15 is 0 Å². The molecule has 106 valence electrons. The topological polar surface area (TPSA) is 0 Å². The van der Waals surface area contributed by atoms with E-state index in [1.165, 1.54) is 21.6 Å². The zero-order valence-corrected chi connectivity index (χ0v) is 14.9. The highest BCUT2D eigenvalue weighted by molar-refractivity contribution is 9.09. The molecule has 0 aliphatic carbocycles. The van der Waals surface area contributed by atoms with E-state index in [1.54, 1.807) is 11.8 Å². The van der Waals surface area contributed by atoms with Gasteiger partial charge in [-0.2, -0.15) is 0 Å². The molecule has 2 heteroatoms. The van der Waals surface area contributed by atoms with Crippen molar-refractivity contribution in [3.8, 4) is 0 Å². The van der Waals surface area contributed by atoms with Crippen LogP contribution in [0.25, 0.3) is 0 Å². The Bertz CT molecular complexity index is 567. The zero-order chi connectivity index (χ0) is 14.8. The molecule has 0 fully saturated rings. The molecule has 0 nitrogen and oxygen atoms in total. The molecule has 2 rings (SSSR count). The molecular weight excluding hydrogens is 328 g/mol. The summed E-state index contributed by atoms with van der Waals surface area (Å²) in [6, 6.07) is 17.5. The first kappa shape index (κ1) is 15.7. The van der Waals surface area contributed by atoms with Gasteiger partial charge < -0.3 is 0 Å². The fraction of sp³-hybridized carbons (Fsp3) is 0.333. The van der Waals surface area contributed by atoms with Gasteiger partial charge in [0.1, 0.15) is 0 Å². The summed E-state index contributed by atoms with van der Waals surface area (Å²) in [5, 5.41) is 0. The fourth-order valence-electron chi connectivity index (χ4n) is 2.21. The molecule has 0 radical (unpaired) electrons. The minimum Gasteiger partial charge on any atom is -0.129 e. The first-order valence-corrected chi connectivity index (χ1v) is 8.95. The first-order chi connectivity index (χ1) is 9.43. The Balaban J connectivity index is 2.32. The standard InChI is InChI=1S/C18H21BrS/c1-18(2,3)14-11-9-13(10-12-14)17(19)15-7-5-6-8-16(15)20-4/h5-12,17H,1-4H3. The minimum absolute atomic E-state index is 0.206. The monoisotopic (exact) mass is 348 g/mol. The molecule has 20 heavy (non-hydrogen) atoms. The number of rotatable bonds is 3. The highest BCUT2D eigenvalue weighted by Crippen LogP contribution is 2.36. The van der Waals surface area contributed by atoms with Gasteiger partial charge in [0, 0.05) is 4.90 Å². The molecule has 0 N–H and O–H groups in total. The van der Waals surface area contributed by atoms with Crippen molar-refractivity contribution in [3.05, 3.63) is 65.2 Å². The van der Waals surface area contributed by atoms with E-state index in [0.29, 0.717) is 0 Å². The third-order valence-corrected chi connectivity index (χ3v) is 5.31. The largest absolute Gasteiger partial charge is 0.129 e. The molecule has 0 amide bonds. The molecule has 0 spiro atoms. The van der Waals surface area contributed by atoms with Gasteiger partial charge in [-0.3, -0.25) is 0 Å². The predicted molar refractivity (Wildman–Crippen MR) is 94.1 cm³/mol. The normalized spacial score (nSPS) is 13.2. The summed E-state index contributed by atoms with van der Waals surface area (Å²) >= 11 is 5.64. The molecule has 0 saturated carbocycles. The second-order valence-electron chi connectivity index (χ2n) is 5.98. The van der Waals surface area contributed by atoms with Crippen LogP contribution in [0.15, 0.2) is 53.4 Å². The average molecular weight is 349 g/mol. The number of alkyl halides is 1. The second kappa shape index (κ2) is 6.36. The van der Waals surface area contributed by atoms with Crippen molar-refractivity contribution >= 4 is 27.7 Å². The molecule has 0 aliphatic heterocycles. The summed E-state index contributed by atoms with van der Waals surface area (Å²) in [5.41, 5.74) is 4.22.